The van der Waals surface area contributed by atoms with Crippen molar-refractivity contribution < 1.29 is 13.5 Å². The van der Waals surface area contributed by atoms with E-state index in [4.69, 9.17) is 4.74 Å². The maximum absolute atomic E-state index is 13.3. The van der Waals surface area contributed by atoms with Gasteiger partial charge in [0.15, 0.2) is 11.6 Å². The molecule has 2 heterocycles. The van der Waals surface area contributed by atoms with E-state index in [1.807, 2.05) is 0 Å². The molecule has 0 amide bonds. The largest absolute Gasteiger partial charge is 0.383 e. The predicted molar refractivity (Wildman–Crippen MR) is 86.3 cm³/mol. The van der Waals surface area contributed by atoms with Crippen LogP contribution in [-0.2, 0) is 11.3 Å². The minimum absolute atomic E-state index is 0.299. The SMILES string of the molecule is COC[C@@H]1CCC2(CCN(Cc3ccc(F)c(F)c3)CC2)N1C. The fourth-order valence-corrected chi connectivity index (χ4v) is 4.21. The number of piperidine rings is 1. The number of hydrogen-bond donors (Lipinski definition) is 0. The standard InChI is InChI=1S/C18H26F2N2O/c1-21-15(13-23-2)5-6-18(21)7-9-22(10-8-18)12-14-3-4-16(19)17(20)11-14/h3-4,11,15H,5-10,12-13H2,1-2H3/t15-/m0/s1. The van der Waals surface area contributed by atoms with E-state index in [0.29, 0.717) is 18.1 Å². The van der Waals surface area contributed by atoms with Crippen LogP contribution in [0, 0.1) is 11.6 Å². The number of likely N-dealkylation sites (N-methyl/N-ethyl adjacent to an activating group) is 1. The molecule has 2 aliphatic heterocycles. The molecule has 0 N–H and O–H groups in total. The summed E-state index contributed by atoms with van der Waals surface area (Å²) in [5.41, 5.74) is 1.14. The van der Waals surface area contributed by atoms with Crippen molar-refractivity contribution in [2.24, 2.45) is 0 Å². The molecule has 5 heteroatoms. The van der Waals surface area contributed by atoms with Crippen LogP contribution >= 0.6 is 0 Å². The Balaban J connectivity index is 1.57. The van der Waals surface area contributed by atoms with Crippen molar-refractivity contribution in [3.8, 4) is 0 Å². The molecule has 0 radical (unpaired) electrons. The van der Waals surface area contributed by atoms with E-state index in [2.05, 4.69) is 16.8 Å². The van der Waals surface area contributed by atoms with E-state index < -0.39 is 11.6 Å². The Bertz CT molecular complexity index is 544. The highest BCUT2D eigenvalue weighted by Crippen LogP contribution is 2.40. The first-order chi connectivity index (χ1) is 11.0. The molecule has 0 unspecified atom stereocenters. The first-order valence-electron chi connectivity index (χ1n) is 8.42. The number of benzene rings is 1. The first kappa shape index (κ1) is 16.8. The molecule has 1 aromatic carbocycles. The third kappa shape index (κ3) is 3.42. The number of hydrogen-bond acceptors (Lipinski definition) is 3. The second-order valence-electron chi connectivity index (χ2n) is 7.01. The van der Waals surface area contributed by atoms with Gasteiger partial charge in [-0.25, -0.2) is 8.78 Å². The lowest BCUT2D eigenvalue weighted by Crippen LogP contribution is -2.52. The van der Waals surface area contributed by atoms with Crippen molar-refractivity contribution in [1.82, 2.24) is 9.80 Å². The fourth-order valence-electron chi connectivity index (χ4n) is 4.21. The van der Waals surface area contributed by atoms with Gasteiger partial charge in [0, 0.05) is 38.3 Å². The Labute approximate surface area is 137 Å². The Hall–Kier alpha value is -1.04. The van der Waals surface area contributed by atoms with Gasteiger partial charge in [0.05, 0.1) is 6.61 Å². The van der Waals surface area contributed by atoms with Crippen LogP contribution in [0.25, 0.3) is 0 Å². The quantitative estimate of drug-likeness (QED) is 0.847. The third-order valence-corrected chi connectivity index (χ3v) is 5.77. The first-order valence-corrected chi connectivity index (χ1v) is 8.42. The third-order valence-electron chi connectivity index (χ3n) is 5.77. The molecule has 0 saturated carbocycles. The van der Waals surface area contributed by atoms with E-state index in [9.17, 15) is 8.78 Å². The molecule has 0 bridgehead atoms. The summed E-state index contributed by atoms with van der Waals surface area (Å²) in [5.74, 6) is -1.53. The van der Waals surface area contributed by atoms with Crippen LogP contribution in [0.4, 0.5) is 8.78 Å². The van der Waals surface area contributed by atoms with Gasteiger partial charge < -0.3 is 4.74 Å². The number of rotatable bonds is 4. The smallest absolute Gasteiger partial charge is 0.159 e. The van der Waals surface area contributed by atoms with Gasteiger partial charge in [-0.05, 0) is 50.4 Å². The molecule has 2 fully saturated rings. The van der Waals surface area contributed by atoms with E-state index >= 15 is 0 Å². The molecule has 2 aliphatic rings. The molecular weight excluding hydrogens is 298 g/mol. The summed E-state index contributed by atoms with van der Waals surface area (Å²) in [5, 5.41) is 0. The van der Waals surface area contributed by atoms with Crippen LogP contribution in [0.3, 0.4) is 0 Å². The number of nitrogens with zero attached hydrogens (tertiary/aromatic N) is 2. The Kier molecular flexibility index (Phi) is 4.99. The number of halogens is 2. The van der Waals surface area contributed by atoms with Crippen molar-refractivity contribution in [2.75, 3.05) is 33.9 Å². The zero-order chi connectivity index (χ0) is 16.4. The van der Waals surface area contributed by atoms with Crippen LogP contribution in [-0.4, -0.2) is 55.2 Å². The molecule has 1 spiro atoms. The van der Waals surface area contributed by atoms with Gasteiger partial charge in [-0.2, -0.15) is 0 Å². The highest BCUT2D eigenvalue weighted by molar-refractivity contribution is 5.18. The zero-order valence-electron chi connectivity index (χ0n) is 14.0. The average molecular weight is 324 g/mol. The maximum atomic E-state index is 13.3. The van der Waals surface area contributed by atoms with E-state index in [-0.39, 0.29) is 0 Å². The highest BCUT2D eigenvalue weighted by Gasteiger charge is 2.45. The summed E-state index contributed by atoms with van der Waals surface area (Å²) in [7, 11) is 3.99. The van der Waals surface area contributed by atoms with Gasteiger partial charge in [0.1, 0.15) is 0 Å². The van der Waals surface area contributed by atoms with E-state index in [1.165, 1.54) is 25.0 Å². The molecule has 23 heavy (non-hydrogen) atoms. The number of ether oxygens (including phenoxy) is 1. The predicted octanol–water partition coefficient (Wildman–Crippen LogP) is 3.04. The van der Waals surface area contributed by atoms with Crippen LogP contribution in [0.1, 0.15) is 31.2 Å². The van der Waals surface area contributed by atoms with Crippen LogP contribution in [0.15, 0.2) is 18.2 Å². The summed E-state index contributed by atoms with van der Waals surface area (Å²) >= 11 is 0. The molecule has 0 aromatic heterocycles. The highest BCUT2D eigenvalue weighted by atomic mass is 19.2. The summed E-state index contributed by atoms with van der Waals surface area (Å²) < 4.78 is 31.7. The van der Waals surface area contributed by atoms with Crippen LogP contribution in [0.5, 0.6) is 0 Å². The summed E-state index contributed by atoms with van der Waals surface area (Å²) in [4.78, 5) is 4.86. The molecular formula is C18H26F2N2O. The van der Waals surface area contributed by atoms with Gasteiger partial charge in [0.2, 0.25) is 0 Å². The molecule has 1 atom stereocenters. The molecule has 2 saturated heterocycles. The molecule has 128 valence electrons. The van der Waals surface area contributed by atoms with Crippen molar-refractivity contribution in [1.29, 1.82) is 0 Å². The number of likely N-dealkylation sites (tertiary alicyclic amines) is 2. The maximum Gasteiger partial charge on any atom is 0.159 e. The van der Waals surface area contributed by atoms with Crippen LogP contribution < -0.4 is 0 Å². The van der Waals surface area contributed by atoms with E-state index in [1.54, 1.807) is 13.2 Å². The zero-order valence-corrected chi connectivity index (χ0v) is 14.0. The van der Waals surface area contributed by atoms with Crippen molar-refractivity contribution >= 4 is 0 Å². The Morgan fingerprint density at radius 2 is 1.91 bits per heavy atom. The second-order valence-corrected chi connectivity index (χ2v) is 7.01. The average Bonchev–Trinajstić information content (AvgIpc) is 2.84. The molecule has 1 aromatic rings. The van der Waals surface area contributed by atoms with Crippen molar-refractivity contribution in [2.45, 2.75) is 43.8 Å². The lowest BCUT2D eigenvalue weighted by molar-refractivity contribution is 0.0282. The second kappa shape index (κ2) is 6.83. The normalized spacial score (nSPS) is 25.3. The Morgan fingerprint density at radius 3 is 2.57 bits per heavy atom. The minimum Gasteiger partial charge on any atom is -0.383 e. The lowest BCUT2D eigenvalue weighted by Gasteiger charge is -2.45. The van der Waals surface area contributed by atoms with Gasteiger partial charge in [-0.15, -0.1) is 0 Å². The lowest BCUT2D eigenvalue weighted by atomic mass is 9.85. The Morgan fingerprint density at radius 1 is 1.17 bits per heavy atom. The van der Waals surface area contributed by atoms with E-state index in [0.717, 1.165) is 38.1 Å². The molecule has 3 nitrogen and oxygen atoms in total. The monoisotopic (exact) mass is 324 g/mol. The van der Waals surface area contributed by atoms with Crippen LogP contribution in [0.2, 0.25) is 0 Å². The fraction of sp³-hybridized carbons (Fsp3) is 0.667. The van der Waals surface area contributed by atoms with Gasteiger partial charge in [0.25, 0.3) is 0 Å². The molecule has 3 rings (SSSR count). The summed E-state index contributed by atoms with van der Waals surface area (Å²) in [6, 6.07) is 4.74. The number of methoxy groups -OCH3 is 1. The van der Waals surface area contributed by atoms with Gasteiger partial charge >= 0.3 is 0 Å². The van der Waals surface area contributed by atoms with Crippen molar-refractivity contribution in [3.05, 3.63) is 35.4 Å². The van der Waals surface area contributed by atoms with Gasteiger partial charge in [-0.3, -0.25) is 9.80 Å². The minimum atomic E-state index is -0.775. The van der Waals surface area contributed by atoms with Gasteiger partial charge in [-0.1, -0.05) is 6.07 Å². The molecule has 0 aliphatic carbocycles. The topological polar surface area (TPSA) is 15.7 Å². The van der Waals surface area contributed by atoms with Crippen molar-refractivity contribution in [3.63, 3.8) is 0 Å². The summed E-state index contributed by atoms with van der Waals surface area (Å²) in [6.07, 6.45) is 4.70. The summed E-state index contributed by atoms with van der Waals surface area (Å²) in [6.45, 7) is 3.50.